The van der Waals surface area contributed by atoms with Gasteiger partial charge in [0.2, 0.25) is 0 Å². The van der Waals surface area contributed by atoms with Crippen molar-refractivity contribution >= 4 is 11.7 Å². The van der Waals surface area contributed by atoms with E-state index in [9.17, 15) is 9.90 Å². The van der Waals surface area contributed by atoms with Gasteiger partial charge in [-0.25, -0.2) is 4.79 Å². The van der Waals surface area contributed by atoms with Gasteiger partial charge in [0.05, 0.1) is 0 Å². The fourth-order valence-electron chi connectivity index (χ4n) is 2.67. The number of hydrogen-bond acceptors (Lipinski definition) is 4. The number of carbonyl (C=O) groups excluding carboxylic acids is 1. The SMILES string of the molecule is O=C(OCc1ccccc1)c1ccc(N2CCCC2)cc1O. The van der Waals surface area contributed by atoms with E-state index in [1.54, 1.807) is 12.1 Å². The lowest BCUT2D eigenvalue weighted by atomic mass is 10.1. The molecule has 0 saturated carbocycles. The Hall–Kier alpha value is -2.49. The van der Waals surface area contributed by atoms with E-state index in [1.807, 2.05) is 36.4 Å². The van der Waals surface area contributed by atoms with E-state index in [0.29, 0.717) is 0 Å². The van der Waals surface area contributed by atoms with E-state index >= 15 is 0 Å². The first kappa shape index (κ1) is 14.4. The monoisotopic (exact) mass is 297 g/mol. The molecule has 1 aliphatic rings. The Morgan fingerprint density at radius 2 is 1.82 bits per heavy atom. The van der Waals surface area contributed by atoms with Crippen molar-refractivity contribution in [2.45, 2.75) is 19.4 Å². The molecule has 2 aromatic carbocycles. The second-order valence-electron chi connectivity index (χ2n) is 5.46. The van der Waals surface area contributed by atoms with E-state index < -0.39 is 5.97 Å². The number of ether oxygens (including phenoxy) is 1. The van der Waals surface area contributed by atoms with Crippen LogP contribution in [-0.4, -0.2) is 24.2 Å². The summed E-state index contributed by atoms with van der Waals surface area (Å²) in [6, 6.07) is 14.6. The van der Waals surface area contributed by atoms with Crippen molar-refractivity contribution in [1.82, 2.24) is 0 Å². The van der Waals surface area contributed by atoms with Crippen LogP contribution in [0.25, 0.3) is 0 Å². The first-order valence-corrected chi connectivity index (χ1v) is 7.53. The minimum atomic E-state index is -0.505. The van der Waals surface area contributed by atoms with Gasteiger partial charge in [-0.15, -0.1) is 0 Å². The van der Waals surface area contributed by atoms with Crippen LogP contribution in [-0.2, 0) is 11.3 Å². The topological polar surface area (TPSA) is 49.8 Å². The maximum absolute atomic E-state index is 12.1. The average molecular weight is 297 g/mol. The smallest absolute Gasteiger partial charge is 0.342 e. The lowest BCUT2D eigenvalue weighted by Crippen LogP contribution is -2.17. The fraction of sp³-hybridized carbons (Fsp3) is 0.278. The number of nitrogens with zero attached hydrogens (tertiary/aromatic N) is 1. The molecule has 0 unspecified atom stereocenters. The fourth-order valence-corrected chi connectivity index (χ4v) is 2.67. The Labute approximate surface area is 130 Å². The predicted octanol–water partition coefficient (Wildman–Crippen LogP) is 3.35. The summed E-state index contributed by atoms with van der Waals surface area (Å²) in [5.74, 6) is -0.531. The van der Waals surface area contributed by atoms with Gasteiger partial charge >= 0.3 is 5.97 Å². The summed E-state index contributed by atoms with van der Waals surface area (Å²) in [7, 11) is 0. The minimum absolute atomic E-state index is 0.0255. The van der Waals surface area contributed by atoms with Crippen molar-refractivity contribution < 1.29 is 14.6 Å². The maximum Gasteiger partial charge on any atom is 0.342 e. The molecule has 4 nitrogen and oxygen atoms in total. The highest BCUT2D eigenvalue weighted by molar-refractivity contribution is 5.93. The lowest BCUT2D eigenvalue weighted by molar-refractivity contribution is 0.0469. The van der Waals surface area contributed by atoms with Gasteiger partial charge in [-0.3, -0.25) is 0 Å². The molecule has 4 heteroatoms. The normalized spacial score (nSPS) is 14.1. The first-order valence-electron chi connectivity index (χ1n) is 7.53. The third-order valence-electron chi connectivity index (χ3n) is 3.89. The van der Waals surface area contributed by atoms with Crippen molar-refractivity contribution in [3.63, 3.8) is 0 Å². The quantitative estimate of drug-likeness (QED) is 0.879. The number of rotatable bonds is 4. The van der Waals surface area contributed by atoms with Crippen LogP contribution in [0.1, 0.15) is 28.8 Å². The Morgan fingerprint density at radius 3 is 2.50 bits per heavy atom. The largest absolute Gasteiger partial charge is 0.507 e. The number of benzene rings is 2. The molecule has 0 spiro atoms. The Bertz CT molecular complexity index is 649. The van der Waals surface area contributed by atoms with Gasteiger partial charge in [-0.1, -0.05) is 30.3 Å². The van der Waals surface area contributed by atoms with Crippen LogP contribution in [0.3, 0.4) is 0 Å². The van der Waals surface area contributed by atoms with Crippen molar-refractivity contribution in [1.29, 1.82) is 0 Å². The molecule has 0 amide bonds. The van der Waals surface area contributed by atoms with Crippen LogP contribution in [0.5, 0.6) is 5.75 Å². The number of phenolic OH excluding ortho intramolecular Hbond substituents is 1. The van der Waals surface area contributed by atoms with Crippen LogP contribution in [0.4, 0.5) is 5.69 Å². The molecule has 0 bridgehead atoms. The standard InChI is InChI=1S/C18H19NO3/c20-17-12-15(19-10-4-5-11-19)8-9-16(17)18(21)22-13-14-6-2-1-3-7-14/h1-3,6-9,12,20H,4-5,10-11,13H2. The van der Waals surface area contributed by atoms with Gasteiger partial charge in [0.15, 0.2) is 0 Å². The summed E-state index contributed by atoms with van der Waals surface area (Å²) < 4.78 is 5.25. The Balaban J connectivity index is 1.67. The zero-order valence-electron chi connectivity index (χ0n) is 12.4. The number of anilines is 1. The molecular weight excluding hydrogens is 278 g/mol. The van der Waals surface area contributed by atoms with Crippen LogP contribution in [0.2, 0.25) is 0 Å². The van der Waals surface area contributed by atoms with Crippen LogP contribution < -0.4 is 4.90 Å². The van der Waals surface area contributed by atoms with E-state index in [0.717, 1.165) is 24.3 Å². The molecule has 1 saturated heterocycles. The molecule has 0 aromatic heterocycles. The average Bonchev–Trinajstić information content (AvgIpc) is 3.08. The van der Waals surface area contributed by atoms with Gasteiger partial charge in [-0.05, 0) is 30.5 Å². The first-order chi connectivity index (χ1) is 10.7. The Kier molecular flexibility index (Phi) is 4.28. The molecular formula is C18H19NO3. The number of aromatic hydroxyl groups is 1. The van der Waals surface area contributed by atoms with Gasteiger partial charge in [0.25, 0.3) is 0 Å². The van der Waals surface area contributed by atoms with Crippen molar-refractivity contribution in [2.75, 3.05) is 18.0 Å². The predicted molar refractivity (Wildman–Crippen MR) is 85.1 cm³/mol. The number of hydrogen-bond donors (Lipinski definition) is 1. The molecule has 2 aromatic rings. The van der Waals surface area contributed by atoms with Crippen molar-refractivity contribution in [3.8, 4) is 5.75 Å². The van der Waals surface area contributed by atoms with E-state index in [1.165, 1.54) is 12.8 Å². The molecule has 0 aliphatic carbocycles. The van der Waals surface area contributed by atoms with Gasteiger partial charge < -0.3 is 14.7 Å². The van der Waals surface area contributed by atoms with Gasteiger partial charge in [-0.2, -0.15) is 0 Å². The van der Waals surface area contributed by atoms with Crippen molar-refractivity contribution in [3.05, 3.63) is 59.7 Å². The number of esters is 1. The summed E-state index contributed by atoms with van der Waals surface area (Å²) in [6.07, 6.45) is 2.34. The molecule has 114 valence electrons. The minimum Gasteiger partial charge on any atom is -0.507 e. The summed E-state index contributed by atoms with van der Waals surface area (Å²) >= 11 is 0. The van der Waals surface area contributed by atoms with E-state index in [2.05, 4.69) is 4.90 Å². The molecule has 22 heavy (non-hydrogen) atoms. The van der Waals surface area contributed by atoms with Crippen LogP contribution >= 0.6 is 0 Å². The van der Waals surface area contributed by atoms with Crippen LogP contribution in [0.15, 0.2) is 48.5 Å². The summed E-state index contributed by atoms with van der Waals surface area (Å²) in [6.45, 7) is 2.20. The Morgan fingerprint density at radius 1 is 1.09 bits per heavy atom. The maximum atomic E-state index is 12.1. The van der Waals surface area contributed by atoms with Crippen molar-refractivity contribution in [2.24, 2.45) is 0 Å². The molecule has 1 N–H and O–H groups in total. The second kappa shape index (κ2) is 6.52. The summed E-state index contributed by atoms with van der Waals surface area (Å²) in [5, 5.41) is 10.1. The van der Waals surface area contributed by atoms with Gasteiger partial charge in [0.1, 0.15) is 17.9 Å². The van der Waals surface area contributed by atoms with E-state index in [-0.39, 0.29) is 17.9 Å². The zero-order valence-corrected chi connectivity index (χ0v) is 12.4. The zero-order chi connectivity index (χ0) is 15.4. The highest BCUT2D eigenvalue weighted by atomic mass is 16.5. The second-order valence-corrected chi connectivity index (χ2v) is 5.46. The summed E-state index contributed by atoms with van der Waals surface area (Å²) in [5.41, 5.74) is 2.08. The molecule has 0 radical (unpaired) electrons. The third kappa shape index (κ3) is 3.22. The molecule has 1 heterocycles. The number of carbonyl (C=O) groups is 1. The molecule has 1 aliphatic heterocycles. The highest BCUT2D eigenvalue weighted by Gasteiger charge is 2.17. The highest BCUT2D eigenvalue weighted by Crippen LogP contribution is 2.27. The van der Waals surface area contributed by atoms with Crippen LogP contribution in [0, 0.1) is 0 Å². The summed E-state index contributed by atoms with van der Waals surface area (Å²) in [4.78, 5) is 14.3. The third-order valence-corrected chi connectivity index (χ3v) is 3.89. The lowest BCUT2D eigenvalue weighted by Gasteiger charge is -2.18. The van der Waals surface area contributed by atoms with Gasteiger partial charge in [0, 0.05) is 24.8 Å². The van der Waals surface area contributed by atoms with E-state index in [4.69, 9.17) is 4.74 Å². The molecule has 0 atom stereocenters. The molecule has 3 rings (SSSR count). The molecule has 1 fully saturated rings. The number of phenols is 1.